The minimum Gasteiger partial charge on any atom is -0.480 e. The van der Waals surface area contributed by atoms with Crippen molar-refractivity contribution in [2.24, 2.45) is 0 Å². The summed E-state index contributed by atoms with van der Waals surface area (Å²) in [5.41, 5.74) is -1.05. The van der Waals surface area contributed by atoms with E-state index in [9.17, 15) is 23.1 Å². The molecule has 0 radical (unpaired) electrons. The first-order chi connectivity index (χ1) is 9.22. The minimum absolute atomic E-state index is 0.220. The lowest BCUT2D eigenvalue weighted by molar-refractivity contribution is -0.154. The highest BCUT2D eigenvalue weighted by Crippen LogP contribution is 2.35. The van der Waals surface area contributed by atoms with E-state index in [1.165, 1.54) is 11.9 Å². The number of hydrogen-bond donors (Lipinski definition) is 2. The van der Waals surface area contributed by atoms with Gasteiger partial charge in [-0.15, -0.1) is 0 Å². The summed E-state index contributed by atoms with van der Waals surface area (Å²) in [6.07, 6.45) is -0.342. The number of carboxylic acid groups (broad SMARTS) is 1. The summed E-state index contributed by atoms with van der Waals surface area (Å²) in [6.45, 7) is -0.989. The Hall–Kier alpha value is -0.820. The number of aliphatic carboxylic acids is 1. The Morgan fingerprint density at radius 3 is 2.55 bits per heavy atom. The smallest absolute Gasteiger partial charge is 0.401 e. The molecule has 2 aliphatic rings. The van der Waals surface area contributed by atoms with Gasteiger partial charge in [0.15, 0.2) is 0 Å². The third kappa shape index (κ3) is 3.85. The van der Waals surface area contributed by atoms with Crippen LogP contribution < -0.4 is 5.32 Å². The SMILES string of the molecule is CN(CC(F)(F)F)C1CCCC(NC2CC2)(C(=O)O)C1. The number of alkyl halides is 3. The third-order valence-electron chi connectivity index (χ3n) is 4.24. The fourth-order valence-corrected chi connectivity index (χ4v) is 3.04. The van der Waals surface area contributed by atoms with E-state index < -0.39 is 24.2 Å². The number of carbonyl (C=O) groups is 1. The molecule has 0 bridgehead atoms. The van der Waals surface area contributed by atoms with Crippen molar-refractivity contribution in [2.75, 3.05) is 13.6 Å². The summed E-state index contributed by atoms with van der Waals surface area (Å²) in [7, 11) is 1.42. The predicted molar refractivity (Wildman–Crippen MR) is 67.5 cm³/mol. The molecule has 0 aliphatic heterocycles. The molecule has 2 saturated carbocycles. The van der Waals surface area contributed by atoms with Crippen LogP contribution in [0.4, 0.5) is 13.2 Å². The molecule has 2 atom stereocenters. The number of hydrogen-bond acceptors (Lipinski definition) is 3. The van der Waals surface area contributed by atoms with Gasteiger partial charge >= 0.3 is 12.1 Å². The summed E-state index contributed by atoms with van der Waals surface area (Å²) < 4.78 is 37.4. The van der Waals surface area contributed by atoms with Crippen molar-refractivity contribution < 1.29 is 23.1 Å². The molecule has 7 heteroatoms. The maximum Gasteiger partial charge on any atom is 0.401 e. The van der Waals surface area contributed by atoms with Gasteiger partial charge in [0.2, 0.25) is 0 Å². The second-order valence-corrected chi connectivity index (χ2v) is 6.09. The zero-order valence-corrected chi connectivity index (χ0v) is 11.5. The Morgan fingerprint density at radius 2 is 2.05 bits per heavy atom. The van der Waals surface area contributed by atoms with Crippen LogP contribution in [0.15, 0.2) is 0 Å². The van der Waals surface area contributed by atoms with Gasteiger partial charge in [-0.1, -0.05) is 0 Å². The van der Waals surface area contributed by atoms with Gasteiger partial charge in [0.25, 0.3) is 0 Å². The van der Waals surface area contributed by atoms with Gasteiger partial charge in [-0.3, -0.25) is 15.0 Å². The molecule has 0 heterocycles. The number of carboxylic acids is 1. The molecule has 0 aromatic carbocycles. The number of nitrogens with zero attached hydrogens (tertiary/aromatic N) is 1. The second kappa shape index (κ2) is 5.52. The Bertz CT molecular complexity index is 371. The fourth-order valence-electron chi connectivity index (χ4n) is 3.04. The van der Waals surface area contributed by atoms with Crippen LogP contribution >= 0.6 is 0 Å². The van der Waals surface area contributed by atoms with E-state index in [1.807, 2.05) is 0 Å². The summed E-state index contributed by atoms with van der Waals surface area (Å²) in [5, 5.41) is 12.6. The highest BCUT2D eigenvalue weighted by molar-refractivity contribution is 5.79. The van der Waals surface area contributed by atoms with Gasteiger partial charge in [-0.25, -0.2) is 0 Å². The van der Waals surface area contributed by atoms with E-state index in [4.69, 9.17) is 0 Å². The maximum atomic E-state index is 12.5. The van der Waals surface area contributed by atoms with Crippen molar-refractivity contribution >= 4 is 5.97 Å². The molecular formula is C13H21F3N2O2. The summed E-state index contributed by atoms with van der Waals surface area (Å²) in [4.78, 5) is 12.8. The first kappa shape index (κ1) is 15.6. The van der Waals surface area contributed by atoms with Crippen molar-refractivity contribution in [3.05, 3.63) is 0 Å². The van der Waals surface area contributed by atoms with Crippen LogP contribution in [0.3, 0.4) is 0 Å². The highest BCUT2D eigenvalue weighted by Gasteiger charge is 2.47. The van der Waals surface area contributed by atoms with Crippen molar-refractivity contribution in [3.8, 4) is 0 Å². The Kier molecular flexibility index (Phi) is 4.30. The van der Waals surface area contributed by atoms with Gasteiger partial charge in [0, 0.05) is 12.1 Å². The van der Waals surface area contributed by atoms with Crippen LogP contribution in [-0.4, -0.2) is 53.4 Å². The molecule has 2 unspecified atom stereocenters. The molecular weight excluding hydrogens is 273 g/mol. The van der Waals surface area contributed by atoms with Gasteiger partial charge in [0.1, 0.15) is 5.54 Å². The summed E-state index contributed by atoms with van der Waals surface area (Å²) in [5.74, 6) is -0.936. The lowest BCUT2D eigenvalue weighted by atomic mass is 9.78. The van der Waals surface area contributed by atoms with Crippen LogP contribution in [0.1, 0.15) is 38.5 Å². The number of halogens is 3. The Balaban J connectivity index is 2.03. The molecule has 2 fully saturated rings. The van der Waals surface area contributed by atoms with Gasteiger partial charge in [-0.2, -0.15) is 13.2 Å². The Morgan fingerprint density at radius 1 is 1.40 bits per heavy atom. The molecule has 2 rings (SSSR count). The van der Waals surface area contributed by atoms with E-state index in [1.54, 1.807) is 0 Å². The van der Waals surface area contributed by atoms with Crippen LogP contribution in [0.5, 0.6) is 0 Å². The lowest BCUT2D eigenvalue weighted by Crippen LogP contribution is -2.59. The van der Waals surface area contributed by atoms with E-state index >= 15 is 0 Å². The molecule has 0 aromatic rings. The molecule has 2 N–H and O–H groups in total. The van der Waals surface area contributed by atoms with Gasteiger partial charge in [0.05, 0.1) is 6.54 Å². The standard InChI is InChI=1S/C13H21F3N2O2/c1-18(8-13(14,15)16)10-3-2-6-12(7-10,11(19)20)17-9-4-5-9/h9-10,17H,2-8H2,1H3,(H,19,20). The van der Waals surface area contributed by atoms with E-state index in [2.05, 4.69) is 5.32 Å². The third-order valence-corrected chi connectivity index (χ3v) is 4.24. The van der Waals surface area contributed by atoms with Crippen LogP contribution in [0.25, 0.3) is 0 Å². The maximum absolute atomic E-state index is 12.5. The van der Waals surface area contributed by atoms with Crippen molar-refractivity contribution in [3.63, 3.8) is 0 Å². The molecule has 0 amide bonds. The average molecular weight is 294 g/mol. The first-order valence-corrected chi connectivity index (χ1v) is 7.00. The fraction of sp³-hybridized carbons (Fsp3) is 0.923. The molecule has 4 nitrogen and oxygen atoms in total. The summed E-state index contributed by atoms with van der Waals surface area (Å²) in [6, 6.07) is -0.120. The van der Waals surface area contributed by atoms with Crippen LogP contribution in [0.2, 0.25) is 0 Å². The van der Waals surface area contributed by atoms with Crippen molar-refractivity contribution in [2.45, 2.75) is 62.3 Å². The van der Waals surface area contributed by atoms with E-state index in [0.717, 1.165) is 12.8 Å². The molecule has 0 spiro atoms. The van der Waals surface area contributed by atoms with Crippen molar-refractivity contribution in [1.82, 2.24) is 10.2 Å². The van der Waals surface area contributed by atoms with Crippen LogP contribution in [-0.2, 0) is 4.79 Å². The largest absolute Gasteiger partial charge is 0.480 e. The quantitative estimate of drug-likeness (QED) is 0.814. The van der Waals surface area contributed by atoms with E-state index in [0.29, 0.717) is 19.3 Å². The predicted octanol–water partition coefficient (Wildman–Crippen LogP) is 2.00. The monoisotopic (exact) mass is 294 g/mol. The normalized spacial score (nSPS) is 31.6. The molecule has 0 aromatic heterocycles. The molecule has 20 heavy (non-hydrogen) atoms. The highest BCUT2D eigenvalue weighted by atomic mass is 19.4. The molecule has 116 valence electrons. The number of nitrogens with one attached hydrogen (secondary N) is 1. The minimum atomic E-state index is -4.25. The average Bonchev–Trinajstić information content (AvgIpc) is 3.10. The summed E-state index contributed by atoms with van der Waals surface area (Å²) >= 11 is 0. The second-order valence-electron chi connectivity index (χ2n) is 6.09. The Labute approximate surface area is 116 Å². The van der Waals surface area contributed by atoms with Gasteiger partial charge in [-0.05, 0) is 45.6 Å². The zero-order valence-electron chi connectivity index (χ0n) is 11.5. The van der Waals surface area contributed by atoms with Crippen molar-refractivity contribution in [1.29, 1.82) is 0 Å². The number of rotatable bonds is 5. The zero-order chi connectivity index (χ0) is 15.0. The first-order valence-electron chi connectivity index (χ1n) is 7.00. The topological polar surface area (TPSA) is 52.6 Å². The molecule has 0 saturated heterocycles. The lowest BCUT2D eigenvalue weighted by Gasteiger charge is -2.42. The molecule has 2 aliphatic carbocycles. The van der Waals surface area contributed by atoms with Gasteiger partial charge < -0.3 is 5.11 Å². The van der Waals surface area contributed by atoms with E-state index in [-0.39, 0.29) is 18.5 Å². The van der Waals surface area contributed by atoms with Crippen LogP contribution in [0, 0.1) is 0 Å².